The summed E-state index contributed by atoms with van der Waals surface area (Å²) >= 11 is 0. The van der Waals surface area contributed by atoms with E-state index < -0.39 is 0 Å². The molecule has 1 aliphatic rings. The predicted molar refractivity (Wildman–Crippen MR) is 77.2 cm³/mol. The molecule has 0 amide bonds. The van der Waals surface area contributed by atoms with Crippen LogP contribution in [0.3, 0.4) is 0 Å². The van der Waals surface area contributed by atoms with Crippen LogP contribution in [-0.4, -0.2) is 24.3 Å². The predicted octanol–water partition coefficient (Wildman–Crippen LogP) is 3.67. The molecule has 1 aliphatic carbocycles. The lowest BCUT2D eigenvalue weighted by molar-refractivity contribution is 0.0988. The Bertz CT molecular complexity index is 426. The Morgan fingerprint density at radius 3 is 2.22 bits per heavy atom. The van der Waals surface area contributed by atoms with Gasteiger partial charge in [-0.05, 0) is 30.7 Å². The molecule has 0 saturated heterocycles. The first-order chi connectivity index (χ1) is 8.41. The summed E-state index contributed by atoms with van der Waals surface area (Å²) < 4.78 is 0. The molecule has 0 atom stereocenters. The smallest absolute Gasteiger partial charge is 0.106 e. The molecule has 0 spiro atoms. The molecular formula is C16H24N2. The summed E-state index contributed by atoms with van der Waals surface area (Å²) in [6.45, 7) is 7.60. The minimum atomic E-state index is -0.0600. The van der Waals surface area contributed by atoms with Crippen molar-refractivity contribution in [2.45, 2.75) is 39.0 Å². The number of benzene rings is 1. The Kier molecular flexibility index (Phi) is 3.22. The maximum atomic E-state index is 8.54. The van der Waals surface area contributed by atoms with Gasteiger partial charge in [-0.25, -0.2) is 0 Å². The van der Waals surface area contributed by atoms with Crippen LogP contribution in [0.15, 0.2) is 30.3 Å². The van der Waals surface area contributed by atoms with E-state index in [4.69, 9.17) is 5.41 Å². The standard InChI is InChI=1S/C16H24N2/c1-5-18(4)14(17)16(11-15(2,3)12-16)13-9-7-6-8-10-13/h6-10,17H,5,11-12H2,1-4H3. The van der Waals surface area contributed by atoms with Gasteiger partial charge in [-0.3, -0.25) is 5.41 Å². The van der Waals surface area contributed by atoms with E-state index in [9.17, 15) is 0 Å². The third kappa shape index (κ3) is 2.05. The highest BCUT2D eigenvalue weighted by Gasteiger charge is 2.53. The molecule has 0 radical (unpaired) electrons. The first kappa shape index (κ1) is 13.1. The van der Waals surface area contributed by atoms with Gasteiger partial charge in [0.2, 0.25) is 0 Å². The van der Waals surface area contributed by atoms with Crippen molar-refractivity contribution in [3.05, 3.63) is 35.9 Å². The zero-order valence-corrected chi connectivity index (χ0v) is 12.0. The molecule has 2 nitrogen and oxygen atoms in total. The van der Waals surface area contributed by atoms with Crippen molar-refractivity contribution in [1.29, 1.82) is 5.41 Å². The maximum Gasteiger partial charge on any atom is 0.106 e. The van der Waals surface area contributed by atoms with E-state index in [0.29, 0.717) is 5.41 Å². The molecule has 0 unspecified atom stereocenters. The van der Waals surface area contributed by atoms with Crippen molar-refractivity contribution in [3.63, 3.8) is 0 Å². The average molecular weight is 244 g/mol. The van der Waals surface area contributed by atoms with Crippen molar-refractivity contribution in [3.8, 4) is 0 Å². The van der Waals surface area contributed by atoms with Crippen molar-refractivity contribution in [2.24, 2.45) is 5.41 Å². The van der Waals surface area contributed by atoms with E-state index >= 15 is 0 Å². The molecule has 0 aromatic heterocycles. The van der Waals surface area contributed by atoms with Gasteiger partial charge in [0.15, 0.2) is 0 Å². The molecule has 0 heterocycles. The van der Waals surface area contributed by atoms with Crippen LogP contribution >= 0.6 is 0 Å². The van der Waals surface area contributed by atoms with E-state index in [2.05, 4.69) is 49.9 Å². The number of hydrogen-bond acceptors (Lipinski definition) is 1. The fourth-order valence-corrected chi connectivity index (χ4v) is 3.37. The van der Waals surface area contributed by atoms with Gasteiger partial charge in [0.25, 0.3) is 0 Å². The number of nitrogens with one attached hydrogen (secondary N) is 1. The molecule has 1 saturated carbocycles. The van der Waals surface area contributed by atoms with Crippen LogP contribution in [0.5, 0.6) is 0 Å². The maximum absolute atomic E-state index is 8.54. The largest absolute Gasteiger partial charge is 0.363 e. The summed E-state index contributed by atoms with van der Waals surface area (Å²) in [6, 6.07) is 10.6. The summed E-state index contributed by atoms with van der Waals surface area (Å²) in [5.74, 6) is 0.774. The van der Waals surface area contributed by atoms with Crippen LogP contribution in [0.2, 0.25) is 0 Å². The third-order valence-corrected chi connectivity index (χ3v) is 4.20. The summed E-state index contributed by atoms with van der Waals surface area (Å²) in [5, 5.41) is 8.54. The number of rotatable bonds is 3. The molecule has 98 valence electrons. The highest BCUT2D eigenvalue weighted by Crippen LogP contribution is 2.56. The van der Waals surface area contributed by atoms with Crippen molar-refractivity contribution in [1.82, 2.24) is 4.90 Å². The number of amidine groups is 1. The summed E-state index contributed by atoms with van der Waals surface area (Å²) in [7, 11) is 2.03. The quantitative estimate of drug-likeness (QED) is 0.637. The second-order valence-corrected chi connectivity index (χ2v) is 6.33. The van der Waals surface area contributed by atoms with Crippen LogP contribution in [0.25, 0.3) is 0 Å². The zero-order valence-electron chi connectivity index (χ0n) is 12.0. The lowest BCUT2D eigenvalue weighted by atomic mass is 9.51. The molecule has 1 aromatic rings. The fraction of sp³-hybridized carbons (Fsp3) is 0.562. The van der Waals surface area contributed by atoms with Gasteiger partial charge in [0.1, 0.15) is 5.84 Å². The van der Waals surface area contributed by atoms with Crippen molar-refractivity contribution >= 4 is 5.84 Å². The second-order valence-electron chi connectivity index (χ2n) is 6.33. The summed E-state index contributed by atoms with van der Waals surface area (Å²) in [6.07, 6.45) is 2.15. The lowest BCUT2D eigenvalue weighted by Gasteiger charge is -2.55. The van der Waals surface area contributed by atoms with Gasteiger partial charge in [0, 0.05) is 13.6 Å². The highest BCUT2D eigenvalue weighted by atomic mass is 15.1. The van der Waals surface area contributed by atoms with Gasteiger partial charge in [-0.1, -0.05) is 44.2 Å². The lowest BCUT2D eigenvalue weighted by Crippen LogP contribution is -2.56. The van der Waals surface area contributed by atoms with Gasteiger partial charge >= 0.3 is 0 Å². The zero-order chi connectivity index (χ0) is 13.4. The van der Waals surface area contributed by atoms with Gasteiger partial charge in [0.05, 0.1) is 5.41 Å². The molecule has 2 rings (SSSR count). The van der Waals surface area contributed by atoms with E-state index in [1.165, 1.54) is 5.56 Å². The number of hydrogen-bond donors (Lipinski definition) is 1. The molecule has 2 heteroatoms. The normalized spacial score (nSPS) is 20.0. The van der Waals surface area contributed by atoms with Crippen LogP contribution in [-0.2, 0) is 5.41 Å². The Morgan fingerprint density at radius 1 is 1.22 bits per heavy atom. The van der Waals surface area contributed by atoms with Crippen LogP contribution in [0.4, 0.5) is 0 Å². The molecule has 18 heavy (non-hydrogen) atoms. The number of nitrogens with zero attached hydrogens (tertiary/aromatic N) is 1. The van der Waals surface area contributed by atoms with Crippen molar-refractivity contribution in [2.75, 3.05) is 13.6 Å². The SMILES string of the molecule is CCN(C)C(=N)C1(c2ccccc2)CC(C)(C)C1. The molecule has 1 aromatic carbocycles. The summed E-state index contributed by atoms with van der Waals surface area (Å²) in [5.41, 5.74) is 1.60. The van der Waals surface area contributed by atoms with Crippen molar-refractivity contribution < 1.29 is 0 Å². The third-order valence-electron chi connectivity index (χ3n) is 4.20. The molecule has 0 aliphatic heterocycles. The summed E-state index contributed by atoms with van der Waals surface area (Å²) in [4.78, 5) is 2.07. The van der Waals surface area contributed by atoms with E-state index in [0.717, 1.165) is 25.2 Å². The van der Waals surface area contributed by atoms with Crippen LogP contribution in [0, 0.1) is 10.8 Å². The molecule has 1 fully saturated rings. The van der Waals surface area contributed by atoms with E-state index in [1.54, 1.807) is 0 Å². The number of likely N-dealkylation sites (N-methyl/N-ethyl adjacent to an activating group) is 1. The first-order valence-corrected chi connectivity index (χ1v) is 6.77. The van der Waals surface area contributed by atoms with E-state index in [-0.39, 0.29) is 5.41 Å². The topological polar surface area (TPSA) is 27.1 Å². The Hall–Kier alpha value is -1.31. The van der Waals surface area contributed by atoms with Gasteiger partial charge < -0.3 is 4.90 Å². The van der Waals surface area contributed by atoms with Gasteiger partial charge in [-0.2, -0.15) is 0 Å². The van der Waals surface area contributed by atoms with Crippen LogP contribution < -0.4 is 0 Å². The second kappa shape index (κ2) is 4.42. The minimum Gasteiger partial charge on any atom is -0.363 e. The minimum absolute atomic E-state index is 0.0600. The average Bonchev–Trinajstić information content (AvgIpc) is 2.34. The monoisotopic (exact) mass is 244 g/mol. The van der Waals surface area contributed by atoms with Gasteiger partial charge in [-0.15, -0.1) is 0 Å². The molecular weight excluding hydrogens is 220 g/mol. The first-order valence-electron chi connectivity index (χ1n) is 6.77. The van der Waals surface area contributed by atoms with Crippen LogP contribution in [0.1, 0.15) is 39.2 Å². The van der Waals surface area contributed by atoms with E-state index in [1.807, 2.05) is 13.1 Å². The Balaban J connectivity index is 2.35. The molecule has 0 bridgehead atoms. The molecule has 1 N–H and O–H groups in total. The highest BCUT2D eigenvalue weighted by molar-refractivity contribution is 5.91. The Morgan fingerprint density at radius 2 is 1.78 bits per heavy atom. The fourth-order valence-electron chi connectivity index (χ4n) is 3.37. The Labute approximate surface area is 111 Å².